The van der Waals surface area contributed by atoms with Gasteiger partial charge in [0.25, 0.3) is 0 Å². The maximum atomic E-state index is 12.1. The number of rotatable bonds is 1. The lowest BCUT2D eigenvalue weighted by Gasteiger charge is -2.35. The molecule has 2 amide bonds. The molecule has 1 aliphatic heterocycles. The number of nitrogens with one attached hydrogen (secondary N) is 1. The number of likely N-dealkylation sites (tertiary alicyclic amines) is 1. The van der Waals surface area contributed by atoms with Crippen LogP contribution in [0.15, 0.2) is 0 Å². The summed E-state index contributed by atoms with van der Waals surface area (Å²) in [5.41, 5.74) is 0. The van der Waals surface area contributed by atoms with E-state index in [0.29, 0.717) is 12.0 Å². The van der Waals surface area contributed by atoms with Gasteiger partial charge in [0.2, 0.25) is 0 Å². The molecule has 1 aliphatic carbocycles. The minimum absolute atomic E-state index is 0.177. The van der Waals surface area contributed by atoms with Gasteiger partial charge in [-0.25, -0.2) is 4.79 Å². The van der Waals surface area contributed by atoms with Crippen LogP contribution in [0.1, 0.15) is 52.4 Å². The molecule has 0 aromatic heterocycles. The van der Waals surface area contributed by atoms with Crippen LogP contribution < -0.4 is 5.32 Å². The lowest BCUT2D eigenvalue weighted by Crippen LogP contribution is -2.49. The van der Waals surface area contributed by atoms with Crippen LogP contribution in [0.2, 0.25) is 0 Å². The van der Waals surface area contributed by atoms with Crippen molar-refractivity contribution in [1.29, 1.82) is 0 Å². The third-order valence-corrected chi connectivity index (χ3v) is 4.38. The van der Waals surface area contributed by atoms with E-state index < -0.39 is 0 Å². The zero-order chi connectivity index (χ0) is 12.3. The van der Waals surface area contributed by atoms with Gasteiger partial charge in [-0.15, -0.1) is 0 Å². The highest BCUT2D eigenvalue weighted by atomic mass is 16.2. The van der Waals surface area contributed by atoms with Gasteiger partial charge in [-0.2, -0.15) is 0 Å². The first kappa shape index (κ1) is 12.7. The Morgan fingerprint density at radius 2 is 1.82 bits per heavy atom. The van der Waals surface area contributed by atoms with Crippen LogP contribution in [0.4, 0.5) is 4.79 Å². The fourth-order valence-corrected chi connectivity index (χ4v) is 3.23. The number of nitrogens with zero attached hydrogens (tertiary/aromatic N) is 1. The quantitative estimate of drug-likeness (QED) is 0.748. The number of piperidine rings is 1. The Kier molecular flexibility index (Phi) is 4.30. The molecule has 3 atom stereocenters. The van der Waals surface area contributed by atoms with E-state index in [0.717, 1.165) is 25.4 Å². The summed E-state index contributed by atoms with van der Waals surface area (Å²) < 4.78 is 0. The molecule has 2 fully saturated rings. The number of carbonyl (C=O) groups excluding carboxylic acids is 1. The molecule has 17 heavy (non-hydrogen) atoms. The summed E-state index contributed by atoms with van der Waals surface area (Å²) in [4.78, 5) is 14.1. The molecular weight excluding hydrogens is 212 g/mol. The molecule has 98 valence electrons. The Morgan fingerprint density at radius 3 is 2.47 bits per heavy atom. The van der Waals surface area contributed by atoms with Crippen LogP contribution in [-0.4, -0.2) is 30.1 Å². The second-order valence-corrected chi connectivity index (χ2v) is 6.00. The van der Waals surface area contributed by atoms with Crippen molar-refractivity contribution < 1.29 is 4.79 Å². The first-order valence-corrected chi connectivity index (χ1v) is 7.22. The third-order valence-electron chi connectivity index (χ3n) is 4.38. The minimum atomic E-state index is 0.177. The molecule has 0 aromatic carbocycles. The zero-order valence-corrected chi connectivity index (χ0v) is 11.2. The Morgan fingerprint density at radius 1 is 1.12 bits per heavy atom. The predicted molar refractivity (Wildman–Crippen MR) is 69.9 cm³/mol. The fourth-order valence-electron chi connectivity index (χ4n) is 3.23. The van der Waals surface area contributed by atoms with E-state index in [2.05, 4.69) is 19.2 Å². The van der Waals surface area contributed by atoms with E-state index in [-0.39, 0.29) is 6.03 Å². The van der Waals surface area contributed by atoms with E-state index in [1.165, 1.54) is 32.1 Å². The Hall–Kier alpha value is -0.730. The highest BCUT2D eigenvalue weighted by Crippen LogP contribution is 2.28. The number of hydrogen-bond donors (Lipinski definition) is 1. The van der Waals surface area contributed by atoms with Gasteiger partial charge in [0.15, 0.2) is 0 Å². The topological polar surface area (TPSA) is 32.3 Å². The van der Waals surface area contributed by atoms with E-state index in [1.54, 1.807) is 0 Å². The summed E-state index contributed by atoms with van der Waals surface area (Å²) in [5.74, 6) is 1.46. The number of urea groups is 1. The first-order chi connectivity index (χ1) is 8.16. The van der Waals surface area contributed by atoms with Crippen LogP contribution in [0, 0.1) is 11.8 Å². The second kappa shape index (κ2) is 5.74. The van der Waals surface area contributed by atoms with Crippen LogP contribution in [0.25, 0.3) is 0 Å². The number of hydrogen-bond acceptors (Lipinski definition) is 1. The highest BCUT2D eigenvalue weighted by molar-refractivity contribution is 5.74. The van der Waals surface area contributed by atoms with Gasteiger partial charge in [-0.3, -0.25) is 0 Å². The van der Waals surface area contributed by atoms with Gasteiger partial charge >= 0.3 is 6.03 Å². The number of carbonyl (C=O) groups is 1. The molecule has 0 radical (unpaired) electrons. The van der Waals surface area contributed by atoms with Gasteiger partial charge in [-0.1, -0.05) is 13.8 Å². The van der Waals surface area contributed by atoms with Crippen molar-refractivity contribution in [3.63, 3.8) is 0 Å². The normalized spacial score (nSPS) is 34.5. The van der Waals surface area contributed by atoms with Gasteiger partial charge < -0.3 is 10.2 Å². The summed E-state index contributed by atoms with van der Waals surface area (Å²) in [7, 11) is 0. The smallest absolute Gasteiger partial charge is 0.317 e. The molecule has 0 aromatic rings. The van der Waals surface area contributed by atoms with E-state index >= 15 is 0 Å². The van der Waals surface area contributed by atoms with E-state index in [4.69, 9.17) is 0 Å². The molecule has 3 nitrogen and oxygen atoms in total. The molecule has 2 rings (SSSR count). The van der Waals surface area contributed by atoms with E-state index in [9.17, 15) is 4.79 Å². The van der Waals surface area contributed by atoms with Crippen LogP contribution >= 0.6 is 0 Å². The summed E-state index contributed by atoms with van der Waals surface area (Å²) in [5, 5.41) is 3.25. The Bertz CT molecular complexity index is 261. The first-order valence-electron chi connectivity index (χ1n) is 7.22. The van der Waals surface area contributed by atoms with Crippen molar-refractivity contribution in [2.24, 2.45) is 11.8 Å². The fraction of sp³-hybridized carbons (Fsp3) is 0.929. The molecule has 1 saturated carbocycles. The minimum Gasteiger partial charge on any atom is -0.335 e. The average Bonchev–Trinajstić information content (AvgIpc) is 2.34. The lowest BCUT2D eigenvalue weighted by molar-refractivity contribution is 0.166. The zero-order valence-electron chi connectivity index (χ0n) is 11.2. The second-order valence-electron chi connectivity index (χ2n) is 6.00. The van der Waals surface area contributed by atoms with Gasteiger partial charge in [-0.05, 0) is 50.4 Å². The maximum absolute atomic E-state index is 12.1. The summed E-state index contributed by atoms with van der Waals surface area (Å²) in [6.07, 6.45) is 7.29. The van der Waals surface area contributed by atoms with Crippen molar-refractivity contribution in [3.05, 3.63) is 0 Å². The Labute approximate surface area is 105 Å². The largest absolute Gasteiger partial charge is 0.335 e. The highest BCUT2D eigenvalue weighted by Gasteiger charge is 2.28. The Balaban J connectivity index is 1.81. The van der Waals surface area contributed by atoms with Gasteiger partial charge in [0.1, 0.15) is 0 Å². The van der Waals surface area contributed by atoms with Crippen molar-refractivity contribution in [3.8, 4) is 0 Å². The monoisotopic (exact) mass is 238 g/mol. The molecule has 1 saturated heterocycles. The standard InChI is InChI=1S/C14H26N2O/c1-11-6-7-13(12(2)10-11)15-14(17)16-8-4-3-5-9-16/h11-13H,3-10H2,1-2H3,(H,15,17). The van der Waals surface area contributed by atoms with Crippen molar-refractivity contribution >= 4 is 6.03 Å². The predicted octanol–water partition coefficient (Wildman–Crippen LogP) is 3.01. The van der Waals surface area contributed by atoms with Crippen molar-refractivity contribution in [1.82, 2.24) is 10.2 Å². The molecule has 0 spiro atoms. The van der Waals surface area contributed by atoms with Gasteiger partial charge in [0, 0.05) is 19.1 Å². The van der Waals surface area contributed by atoms with Gasteiger partial charge in [0.05, 0.1) is 0 Å². The third kappa shape index (κ3) is 3.36. The summed E-state index contributed by atoms with van der Waals surface area (Å²) in [6, 6.07) is 0.580. The van der Waals surface area contributed by atoms with Crippen LogP contribution in [0.5, 0.6) is 0 Å². The molecule has 1 heterocycles. The molecular formula is C14H26N2O. The molecule has 0 bridgehead atoms. The molecule has 2 aliphatic rings. The molecule has 1 N–H and O–H groups in total. The summed E-state index contributed by atoms with van der Waals surface area (Å²) in [6.45, 7) is 6.49. The summed E-state index contributed by atoms with van der Waals surface area (Å²) >= 11 is 0. The van der Waals surface area contributed by atoms with E-state index in [1.807, 2.05) is 4.90 Å². The van der Waals surface area contributed by atoms with Crippen LogP contribution in [0.3, 0.4) is 0 Å². The maximum Gasteiger partial charge on any atom is 0.317 e. The number of amides is 2. The SMILES string of the molecule is CC1CCC(NC(=O)N2CCCCC2)C(C)C1. The van der Waals surface area contributed by atoms with Crippen LogP contribution in [-0.2, 0) is 0 Å². The lowest BCUT2D eigenvalue weighted by atomic mass is 9.80. The molecule has 3 heteroatoms. The molecule has 3 unspecified atom stereocenters. The van der Waals surface area contributed by atoms with Crippen molar-refractivity contribution in [2.75, 3.05) is 13.1 Å². The van der Waals surface area contributed by atoms with Crippen molar-refractivity contribution in [2.45, 2.75) is 58.4 Å². The average molecular weight is 238 g/mol.